The number of hydrogen-bond donors (Lipinski definition) is 0. The van der Waals surface area contributed by atoms with Gasteiger partial charge in [-0.15, -0.1) is 0 Å². The lowest BCUT2D eigenvalue weighted by Gasteiger charge is -2.35. The van der Waals surface area contributed by atoms with Gasteiger partial charge in [0.25, 0.3) is 0 Å². The minimum Gasteiger partial charge on any atom is -0.456 e. The first-order valence-electron chi connectivity index (χ1n) is 21.3. The summed E-state index contributed by atoms with van der Waals surface area (Å²) < 4.78 is 12.6. The van der Waals surface area contributed by atoms with E-state index in [1.807, 2.05) is 48.5 Å². The van der Waals surface area contributed by atoms with Crippen molar-refractivity contribution in [3.63, 3.8) is 0 Å². The van der Waals surface area contributed by atoms with Crippen molar-refractivity contribution in [3.8, 4) is 67.5 Å². The zero-order chi connectivity index (χ0) is 41.2. The molecule has 0 fully saturated rings. The maximum Gasteiger partial charge on any atom is 0.164 e. The van der Waals surface area contributed by atoms with Crippen LogP contribution in [0.4, 0.5) is 0 Å². The first-order chi connectivity index (χ1) is 31.2. The second-order valence-corrected chi connectivity index (χ2v) is 16.6. The Balaban J connectivity index is 1.05. The van der Waals surface area contributed by atoms with Crippen molar-refractivity contribution >= 4 is 43.9 Å². The van der Waals surface area contributed by atoms with Crippen molar-refractivity contribution in [2.24, 2.45) is 0 Å². The Morgan fingerprint density at radius 2 is 0.667 bits per heavy atom. The van der Waals surface area contributed by atoms with Crippen LogP contribution in [-0.2, 0) is 5.41 Å². The summed E-state index contributed by atoms with van der Waals surface area (Å²) in [5, 5.41) is 4.19. The summed E-state index contributed by atoms with van der Waals surface area (Å²) in [5.41, 5.74) is 17.6. The minimum absolute atomic E-state index is 0.561. The van der Waals surface area contributed by atoms with E-state index in [9.17, 15) is 0 Å². The molecule has 14 rings (SSSR count). The van der Waals surface area contributed by atoms with Crippen molar-refractivity contribution in [1.82, 2.24) is 15.0 Å². The van der Waals surface area contributed by atoms with E-state index in [1.54, 1.807) is 0 Å². The molecule has 0 aliphatic heterocycles. The zero-order valence-electron chi connectivity index (χ0n) is 33.7. The standard InChI is InChI=1S/C58H33N3O2/c1-2-14-38-37(13-1)39-15-3-8-20-47(39)58(48-21-9-4-16-40(48)41-17-5-10-22-49(41)58)50-32-35(25-28-42(38)50)56-59-55(34-27-30-53-46(31-34)44-19-7-12-24-52(44)62-53)60-57(61-56)36-26-29-45-43-18-6-11-23-51(43)63-54(45)33-36/h1-33H. The summed E-state index contributed by atoms with van der Waals surface area (Å²) in [6, 6.07) is 71.2. The molecule has 5 heteroatoms. The predicted octanol–water partition coefficient (Wildman–Crippen LogP) is 14.7. The van der Waals surface area contributed by atoms with Gasteiger partial charge in [-0.05, 0) is 104 Å². The van der Waals surface area contributed by atoms with Crippen LogP contribution in [-0.4, -0.2) is 15.0 Å². The van der Waals surface area contributed by atoms with Gasteiger partial charge in [0.2, 0.25) is 0 Å². The van der Waals surface area contributed by atoms with Crippen LogP contribution in [0.15, 0.2) is 209 Å². The monoisotopic (exact) mass is 803 g/mol. The van der Waals surface area contributed by atoms with Gasteiger partial charge in [-0.2, -0.15) is 0 Å². The van der Waals surface area contributed by atoms with E-state index < -0.39 is 5.41 Å². The van der Waals surface area contributed by atoms with Gasteiger partial charge in [-0.1, -0.05) is 152 Å². The van der Waals surface area contributed by atoms with E-state index in [1.165, 1.54) is 55.6 Å². The molecule has 0 saturated heterocycles. The van der Waals surface area contributed by atoms with Gasteiger partial charge in [-0.25, -0.2) is 15.0 Å². The van der Waals surface area contributed by atoms with E-state index in [2.05, 4.69) is 152 Å². The summed E-state index contributed by atoms with van der Waals surface area (Å²) in [6.07, 6.45) is 0. The lowest BCUT2D eigenvalue weighted by atomic mass is 9.65. The molecule has 0 N–H and O–H groups in total. The smallest absolute Gasteiger partial charge is 0.164 e. The Morgan fingerprint density at radius 1 is 0.270 bits per heavy atom. The van der Waals surface area contributed by atoms with E-state index >= 15 is 0 Å². The molecule has 12 aromatic rings. The maximum atomic E-state index is 6.39. The number of para-hydroxylation sites is 2. The summed E-state index contributed by atoms with van der Waals surface area (Å²) in [6.45, 7) is 0. The number of aromatic nitrogens is 3. The van der Waals surface area contributed by atoms with Crippen LogP contribution >= 0.6 is 0 Å². The molecule has 9 aromatic carbocycles. The van der Waals surface area contributed by atoms with Crippen molar-refractivity contribution in [3.05, 3.63) is 222 Å². The van der Waals surface area contributed by atoms with E-state index in [-0.39, 0.29) is 0 Å². The number of furan rings is 2. The van der Waals surface area contributed by atoms with E-state index in [4.69, 9.17) is 23.8 Å². The minimum atomic E-state index is -0.632. The molecule has 292 valence electrons. The van der Waals surface area contributed by atoms with Crippen LogP contribution in [0.5, 0.6) is 0 Å². The number of nitrogens with zero attached hydrogens (tertiary/aromatic N) is 3. The Labute approximate surface area is 361 Å². The van der Waals surface area contributed by atoms with Gasteiger partial charge in [0.05, 0.1) is 5.41 Å². The molecule has 0 amide bonds. The molecule has 0 atom stereocenters. The molecule has 63 heavy (non-hydrogen) atoms. The Hall–Kier alpha value is -8.41. The van der Waals surface area contributed by atoms with Crippen LogP contribution < -0.4 is 0 Å². The number of hydrogen-bond acceptors (Lipinski definition) is 5. The van der Waals surface area contributed by atoms with Crippen LogP contribution in [0.1, 0.15) is 22.3 Å². The quantitative estimate of drug-likeness (QED) is 0.178. The Bertz CT molecular complexity index is 3850. The zero-order valence-corrected chi connectivity index (χ0v) is 33.7. The fourth-order valence-corrected chi connectivity index (χ4v) is 10.7. The van der Waals surface area contributed by atoms with E-state index in [0.29, 0.717) is 17.5 Å². The van der Waals surface area contributed by atoms with E-state index in [0.717, 1.165) is 60.6 Å². The van der Waals surface area contributed by atoms with Gasteiger partial charge in [0, 0.05) is 38.2 Å². The maximum absolute atomic E-state index is 6.39. The second-order valence-electron chi connectivity index (χ2n) is 16.6. The van der Waals surface area contributed by atoms with Crippen molar-refractivity contribution in [2.45, 2.75) is 5.41 Å². The van der Waals surface area contributed by atoms with Gasteiger partial charge >= 0.3 is 0 Å². The lowest BCUT2D eigenvalue weighted by molar-refractivity contribution is 0.668. The SMILES string of the molecule is c1ccc2c(c1)-c1ccccc1C1(c3cc(-c4nc(-c5ccc6c(c5)oc5ccccc56)nc(-c5ccc6oc7ccccc7c6c5)n4)ccc3-2)c2ccccc2-c2ccccc21. The van der Waals surface area contributed by atoms with Crippen molar-refractivity contribution in [1.29, 1.82) is 0 Å². The van der Waals surface area contributed by atoms with Crippen LogP contribution in [0, 0.1) is 0 Å². The summed E-state index contributed by atoms with van der Waals surface area (Å²) in [5.74, 6) is 1.72. The third-order valence-electron chi connectivity index (χ3n) is 13.4. The first-order valence-corrected chi connectivity index (χ1v) is 21.3. The second kappa shape index (κ2) is 12.8. The molecule has 0 bridgehead atoms. The summed E-state index contributed by atoms with van der Waals surface area (Å²) in [4.78, 5) is 15.9. The third-order valence-corrected chi connectivity index (χ3v) is 13.4. The van der Waals surface area contributed by atoms with Crippen LogP contribution in [0.3, 0.4) is 0 Å². The number of benzene rings is 9. The summed E-state index contributed by atoms with van der Waals surface area (Å²) in [7, 11) is 0. The number of rotatable bonds is 3. The van der Waals surface area contributed by atoms with Gasteiger partial charge < -0.3 is 8.83 Å². The number of fused-ring (bicyclic) bond motifs is 18. The molecule has 0 radical (unpaired) electrons. The molecular formula is C58H33N3O2. The fraction of sp³-hybridized carbons (Fsp3) is 0.0172. The molecule has 2 aliphatic carbocycles. The highest BCUT2D eigenvalue weighted by Crippen LogP contribution is 2.61. The van der Waals surface area contributed by atoms with Crippen molar-refractivity contribution < 1.29 is 8.83 Å². The highest BCUT2D eigenvalue weighted by atomic mass is 16.3. The van der Waals surface area contributed by atoms with Gasteiger partial charge in [-0.3, -0.25) is 0 Å². The fourth-order valence-electron chi connectivity index (χ4n) is 10.7. The topological polar surface area (TPSA) is 65.0 Å². The molecule has 1 spiro atoms. The molecule has 3 heterocycles. The average molecular weight is 804 g/mol. The highest BCUT2D eigenvalue weighted by Gasteiger charge is 2.49. The first kappa shape index (κ1) is 34.3. The van der Waals surface area contributed by atoms with Crippen LogP contribution in [0.2, 0.25) is 0 Å². The van der Waals surface area contributed by atoms with Crippen molar-refractivity contribution in [2.75, 3.05) is 0 Å². The average Bonchev–Trinajstić information content (AvgIpc) is 3.99. The molecule has 5 nitrogen and oxygen atoms in total. The molecule has 0 saturated carbocycles. The predicted molar refractivity (Wildman–Crippen MR) is 252 cm³/mol. The van der Waals surface area contributed by atoms with Crippen LogP contribution in [0.25, 0.3) is 111 Å². The van der Waals surface area contributed by atoms with Gasteiger partial charge in [0.15, 0.2) is 17.5 Å². The lowest BCUT2D eigenvalue weighted by Crippen LogP contribution is -2.29. The third kappa shape index (κ3) is 4.79. The molecule has 2 aliphatic rings. The molecule has 3 aromatic heterocycles. The summed E-state index contributed by atoms with van der Waals surface area (Å²) >= 11 is 0. The normalized spacial score (nSPS) is 13.2. The highest BCUT2D eigenvalue weighted by molar-refractivity contribution is 6.07. The largest absolute Gasteiger partial charge is 0.456 e. The Kier molecular flexibility index (Phi) is 6.97. The van der Waals surface area contributed by atoms with Gasteiger partial charge in [0.1, 0.15) is 22.3 Å². The molecule has 0 unspecified atom stereocenters. The molecular weight excluding hydrogens is 771 g/mol. The Morgan fingerprint density at radius 3 is 1.29 bits per heavy atom.